The molecule has 0 aliphatic carbocycles. The Morgan fingerprint density at radius 2 is 1.46 bits per heavy atom. The van der Waals surface area contributed by atoms with Crippen LogP contribution in [-0.4, -0.2) is 40.4 Å². The summed E-state index contributed by atoms with van der Waals surface area (Å²) in [5.74, 6) is 1.86. The molecule has 1 heterocycles. The van der Waals surface area contributed by atoms with Crippen LogP contribution in [0.3, 0.4) is 0 Å². The van der Waals surface area contributed by atoms with Crippen LogP contribution in [0.15, 0.2) is 48.5 Å². The van der Waals surface area contributed by atoms with Crippen molar-refractivity contribution >= 4 is 0 Å². The molecule has 4 heteroatoms. The lowest BCUT2D eigenvalue weighted by Gasteiger charge is -2.30. The molecule has 2 aromatic rings. The van der Waals surface area contributed by atoms with Crippen molar-refractivity contribution in [3.05, 3.63) is 59.7 Å². The summed E-state index contributed by atoms with van der Waals surface area (Å²) in [5.41, 5.74) is 2.67. The van der Waals surface area contributed by atoms with Crippen LogP contribution in [-0.2, 0) is 13.1 Å². The van der Waals surface area contributed by atoms with Gasteiger partial charge in [-0.05, 0) is 18.2 Å². The predicted octanol–water partition coefficient (Wildman–Crippen LogP) is 0.187. The third kappa shape index (κ3) is 4.28. The van der Waals surface area contributed by atoms with E-state index in [1.54, 1.807) is 24.0 Å². The fourth-order valence-corrected chi connectivity index (χ4v) is 3.48. The molecular weight excluding hydrogens is 300 g/mol. The average Bonchev–Trinajstić information content (AvgIpc) is 2.64. The molecule has 3 rings (SSSR count). The highest BCUT2D eigenvalue weighted by Gasteiger charge is 2.24. The first-order valence-electron chi connectivity index (χ1n) is 8.70. The van der Waals surface area contributed by atoms with Crippen LogP contribution in [0.1, 0.15) is 11.1 Å². The molecule has 0 spiro atoms. The zero-order valence-corrected chi connectivity index (χ0v) is 14.7. The van der Waals surface area contributed by atoms with E-state index in [2.05, 4.69) is 36.4 Å². The van der Waals surface area contributed by atoms with Crippen LogP contribution >= 0.6 is 0 Å². The van der Waals surface area contributed by atoms with E-state index in [0.29, 0.717) is 0 Å². The van der Waals surface area contributed by atoms with Crippen LogP contribution in [0.5, 0.6) is 11.5 Å². The molecule has 0 saturated carbocycles. The van der Waals surface area contributed by atoms with Gasteiger partial charge in [0.25, 0.3) is 0 Å². The number of ether oxygens (including phenoxy) is 2. The third-order valence-corrected chi connectivity index (χ3v) is 4.89. The van der Waals surface area contributed by atoms with E-state index in [0.717, 1.165) is 24.6 Å². The smallest absolute Gasteiger partial charge is 0.127 e. The van der Waals surface area contributed by atoms with E-state index in [1.165, 1.54) is 37.3 Å². The first kappa shape index (κ1) is 16.8. The Kier molecular flexibility index (Phi) is 5.72. The summed E-state index contributed by atoms with van der Waals surface area (Å²) in [4.78, 5) is 3.31. The van der Waals surface area contributed by atoms with Crippen molar-refractivity contribution in [3.63, 3.8) is 0 Å². The molecule has 1 aliphatic heterocycles. The van der Waals surface area contributed by atoms with Crippen molar-refractivity contribution < 1.29 is 19.3 Å². The van der Waals surface area contributed by atoms with E-state index < -0.39 is 0 Å². The number of quaternary nitrogens is 2. The topological polar surface area (TPSA) is 27.3 Å². The van der Waals surface area contributed by atoms with Gasteiger partial charge >= 0.3 is 0 Å². The molecule has 0 bridgehead atoms. The number of piperazine rings is 1. The van der Waals surface area contributed by atoms with Crippen LogP contribution in [0.25, 0.3) is 0 Å². The van der Waals surface area contributed by atoms with Gasteiger partial charge < -0.3 is 19.3 Å². The van der Waals surface area contributed by atoms with Crippen molar-refractivity contribution in [3.8, 4) is 11.5 Å². The van der Waals surface area contributed by atoms with Crippen LogP contribution in [0, 0.1) is 0 Å². The maximum atomic E-state index is 5.51. The second-order valence-electron chi connectivity index (χ2n) is 6.52. The lowest BCUT2D eigenvalue weighted by atomic mass is 10.1. The zero-order chi connectivity index (χ0) is 16.8. The van der Waals surface area contributed by atoms with Crippen LogP contribution in [0.2, 0.25) is 0 Å². The molecule has 0 aromatic heterocycles. The Balaban J connectivity index is 1.55. The molecule has 0 atom stereocenters. The molecular formula is C20H28N2O2+2. The van der Waals surface area contributed by atoms with Gasteiger partial charge in [-0.25, -0.2) is 0 Å². The van der Waals surface area contributed by atoms with Gasteiger partial charge in [-0.2, -0.15) is 0 Å². The molecule has 1 saturated heterocycles. The largest absolute Gasteiger partial charge is 0.497 e. The van der Waals surface area contributed by atoms with Crippen molar-refractivity contribution in [2.75, 3.05) is 40.4 Å². The first-order valence-corrected chi connectivity index (χ1v) is 8.70. The Bertz CT molecular complexity index is 637. The first-order chi connectivity index (χ1) is 11.8. The van der Waals surface area contributed by atoms with Gasteiger partial charge in [-0.15, -0.1) is 0 Å². The predicted molar refractivity (Wildman–Crippen MR) is 94.8 cm³/mol. The molecule has 2 N–H and O–H groups in total. The second-order valence-corrected chi connectivity index (χ2v) is 6.52. The second kappa shape index (κ2) is 8.18. The highest BCUT2D eigenvalue weighted by molar-refractivity contribution is 5.39. The number of benzene rings is 2. The van der Waals surface area contributed by atoms with Crippen molar-refractivity contribution in [1.82, 2.24) is 0 Å². The molecule has 2 aromatic carbocycles. The quantitative estimate of drug-likeness (QED) is 0.792. The minimum absolute atomic E-state index is 0.901. The summed E-state index contributed by atoms with van der Waals surface area (Å²) < 4.78 is 10.9. The highest BCUT2D eigenvalue weighted by Crippen LogP contribution is 2.23. The van der Waals surface area contributed by atoms with Gasteiger partial charge in [-0.1, -0.05) is 30.3 Å². The van der Waals surface area contributed by atoms with Gasteiger partial charge in [0.05, 0.1) is 19.8 Å². The minimum Gasteiger partial charge on any atom is -0.497 e. The standard InChI is InChI=1S/C20H26N2O2/c1-23-19-8-9-20(24-2)18(14-19)16-22-12-10-21(11-13-22)15-17-6-4-3-5-7-17/h3-9,14H,10-13,15-16H2,1-2H3/p+2. The summed E-state index contributed by atoms with van der Waals surface area (Å²) in [5, 5.41) is 0. The van der Waals surface area contributed by atoms with Crippen molar-refractivity contribution in [1.29, 1.82) is 0 Å². The van der Waals surface area contributed by atoms with Gasteiger partial charge in [-0.3, -0.25) is 0 Å². The van der Waals surface area contributed by atoms with Gasteiger partial charge in [0.15, 0.2) is 0 Å². The molecule has 128 valence electrons. The Morgan fingerprint density at radius 1 is 0.792 bits per heavy atom. The Hall–Kier alpha value is -2.04. The molecule has 24 heavy (non-hydrogen) atoms. The van der Waals surface area contributed by atoms with E-state index in [4.69, 9.17) is 9.47 Å². The van der Waals surface area contributed by atoms with E-state index >= 15 is 0 Å². The zero-order valence-electron chi connectivity index (χ0n) is 14.7. The van der Waals surface area contributed by atoms with Gasteiger partial charge in [0.2, 0.25) is 0 Å². The fourth-order valence-electron chi connectivity index (χ4n) is 3.48. The van der Waals surface area contributed by atoms with Gasteiger partial charge in [0.1, 0.15) is 50.8 Å². The summed E-state index contributed by atoms with van der Waals surface area (Å²) in [6.45, 7) is 6.97. The molecule has 0 radical (unpaired) electrons. The highest BCUT2D eigenvalue weighted by atomic mass is 16.5. The number of hydrogen-bond acceptors (Lipinski definition) is 2. The SMILES string of the molecule is COc1ccc(OC)c(C[NH+]2CC[NH+](Cc3ccccc3)CC2)c1. The third-order valence-electron chi connectivity index (χ3n) is 4.89. The fraction of sp³-hybridized carbons (Fsp3) is 0.400. The maximum absolute atomic E-state index is 5.51. The maximum Gasteiger partial charge on any atom is 0.127 e. The van der Waals surface area contributed by atoms with E-state index in [9.17, 15) is 0 Å². The molecule has 1 aliphatic rings. The van der Waals surface area contributed by atoms with E-state index in [-0.39, 0.29) is 0 Å². The summed E-state index contributed by atoms with van der Waals surface area (Å²) in [7, 11) is 3.45. The number of rotatable bonds is 6. The number of nitrogens with one attached hydrogen (secondary N) is 2. The molecule has 0 unspecified atom stereocenters. The van der Waals surface area contributed by atoms with Gasteiger partial charge in [0, 0.05) is 5.56 Å². The Morgan fingerprint density at radius 3 is 2.08 bits per heavy atom. The number of methoxy groups -OCH3 is 2. The summed E-state index contributed by atoms with van der Waals surface area (Å²) >= 11 is 0. The van der Waals surface area contributed by atoms with Crippen molar-refractivity contribution in [2.45, 2.75) is 13.1 Å². The lowest BCUT2D eigenvalue weighted by Crippen LogP contribution is -3.27. The summed E-state index contributed by atoms with van der Waals surface area (Å²) in [6.07, 6.45) is 0. The van der Waals surface area contributed by atoms with Crippen LogP contribution in [0.4, 0.5) is 0 Å². The molecule has 0 amide bonds. The molecule has 4 nitrogen and oxygen atoms in total. The van der Waals surface area contributed by atoms with Crippen molar-refractivity contribution in [2.24, 2.45) is 0 Å². The normalized spacial score (nSPS) is 20.6. The minimum atomic E-state index is 0.901. The lowest BCUT2D eigenvalue weighted by molar-refractivity contribution is -1.02. The van der Waals surface area contributed by atoms with E-state index in [1.807, 2.05) is 12.1 Å². The Labute approximate surface area is 144 Å². The monoisotopic (exact) mass is 328 g/mol. The number of hydrogen-bond donors (Lipinski definition) is 2. The summed E-state index contributed by atoms with van der Waals surface area (Å²) in [6, 6.07) is 16.9. The molecule has 1 fully saturated rings. The van der Waals surface area contributed by atoms with Crippen LogP contribution < -0.4 is 19.3 Å². The average molecular weight is 328 g/mol.